The fourth-order valence-electron chi connectivity index (χ4n) is 2.77. The zero-order valence-electron chi connectivity index (χ0n) is 12.3. The standard InChI is InChI=1S/C16H21N3O.ClH/c1-20-16-10-14(13-8-5-9-17-13)19-15(16)11-18-12-6-3-2-4-7-12;/h5,8-12,17,19H,2-4,6-7H2,1H3;1H. The van der Waals surface area contributed by atoms with Gasteiger partial charge in [0, 0.05) is 18.5 Å². The molecule has 2 aromatic rings. The lowest BCUT2D eigenvalue weighted by molar-refractivity contribution is 0.414. The van der Waals surface area contributed by atoms with Crippen LogP contribution in [0.2, 0.25) is 0 Å². The Balaban J connectivity index is 0.00000161. The molecule has 1 aliphatic carbocycles. The SMILES string of the molecule is COc1cc(-c2ccc[nH]2)[nH]c1C=NC1CCCCC1.Cl. The van der Waals surface area contributed by atoms with E-state index in [9.17, 15) is 0 Å². The van der Waals surface area contributed by atoms with Crippen LogP contribution in [0.5, 0.6) is 5.75 Å². The highest BCUT2D eigenvalue weighted by Gasteiger charge is 2.13. The first-order valence-corrected chi connectivity index (χ1v) is 7.31. The van der Waals surface area contributed by atoms with Crippen molar-refractivity contribution in [2.24, 2.45) is 4.99 Å². The van der Waals surface area contributed by atoms with Crippen LogP contribution in [0.1, 0.15) is 37.8 Å². The second kappa shape index (κ2) is 7.36. The fraction of sp³-hybridized carbons (Fsp3) is 0.438. The van der Waals surface area contributed by atoms with Crippen molar-refractivity contribution in [2.45, 2.75) is 38.1 Å². The van der Waals surface area contributed by atoms with Crippen LogP contribution in [0.25, 0.3) is 11.4 Å². The van der Waals surface area contributed by atoms with Gasteiger partial charge in [-0.2, -0.15) is 0 Å². The number of hydrogen-bond acceptors (Lipinski definition) is 2. The Morgan fingerprint density at radius 1 is 1.24 bits per heavy atom. The maximum Gasteiger partial charge on any atom is 0.146 e. The Morgan fingerprint density at radius 3 is 2.71 bits per heavy atom. The smallest absolute Gasteiger partial charge is 0.146 e. The molecule has 1 saturated carbocycles. The van der Waals surface area contributed by atoms with Crippen molar-refractivity contribution in [1.29, 1.82) is 0 Å². The zero-order chi connectivity index (χ0) is 13.8. The molecular weight excluding hydrogens is 286 g/mol. The van der Waals surface area contributed by atoms with Crippen molar-refractivity contribution in [1.82, 2.24) is 9.97 Å². The third-order valence-corrected chi connectivity index (χ3v) is 3.91. The Kier molecular flexibility index (Phi) is 5.51. The maximum atomic E-state index is 5.43. The number of halogens is 1. The number of methoxy groups -OCH3 is 1. The summed E-state index contributed by atoms with van der Waals surface area (Å²) in [4.78, 5) is 11.3. The van der Waals surface area contributed by atoms with E-state index in [2.05, 4.69) is 9.97 Å². The number of nitrogens with one attached hydrogen (secondary N) is 2. The minimum absolute atomic E-state index is 0. The van der Waals surface area contributed by atoms with Crippen molar-refractivity contribution in [3.8, 4) is 17.1 Å². The number of hydrogen-bond donors (Lipinski definition) is 2. The van der Waals surface area contributed by atoms with Crippen molar-refractivity contribution >= 4 is 18.6 Å². The van der Waals surface area contributed by atoms with E-state index in [4.69, 9.17) is 9.73 Å². The van der Waals surface area contributed by atoms with Gasteiger partial charge in [-0.05, 0) is 25.0 Å². The summed E-state index contributed by atoms with van der Waals surface area (Å²) in [7, 11) is 1.69. The van der Waals surface area contributed by atoms with Gasteiger partial charge in [0.1, 0.15) is 5.75 Å². The van der Waals surface area contributed by atoms with Gasteiger partial charge in [-0.15, -0.1) is 12.4 Å². The third-order valence-electron chi connectivity index (χ3n) is 3.91. The summed E-state index contributed by atoms with van der Waals surface area (Å²) >= 11 is 0. The van der Waals surface area contributed by atoms with Crippen molar-refractivity contribution < 1.29 is 4.74 Å². The Bertz CT molecular complexity index is 568. The van der Waals surface area contributed by atoms with Gasteiger partial charge < -0.3 is 14.7 Å². The van der Waals surface area contributed by atoms with Gasteiger partial charge in [0.15, 0.2) is 0 Å². The molecule has 4 nitrogen and oxygen atoms in total. The topological polar surface area (TPSA) is 53.2 Å². The second-order valence-electron chi connectivity index (χ2n) is 5.32. The van der Waals surface area contributed by atoms with Crippen LogP contribution in [0.4, 0.5) is 0 Å². The molecule has 2 heterocycles. The van der Waals surface area contributed by atoms with Crippen LogP contribution in [0.3, 0.4) is 0 Å². The van der Waals surface area contributed by atoms with Gasteiger partial charge in [-0.25, -0.2) is 0 Å². The van der Waals surface area contributed by atoms with Crippen molar-refractivity contribution in [2.75, 3.05) is 7.11 Å². The summed E-state index contributed by atoms with van der Waals surface area (Å²) in [6, 6.07) is 6.51. The Labute approximate surface area is 131 Å². The van der Waals surface area contributed by atoms with Crippen molar-refractivity contribution in [3.05, 3.63) is 30.1 Å². The number of nitrogens with zero attached hydrogens (tertiary/aromatic N) is 1. The quantitative estimate of drug-likeness (QED) is 0.818. The number of rotatable bonds is 4. The molecular formula is C16H22ClN3O. The summed E-state index contributed by atoms with van der Waals surface area (Å²) < 4.78 is 5.43. The van der Waals surface area contributed by atoms with Crippen LogP contribution in [-0.2, 0) is 0 Å². The predicted octanol–water partition coefficient (Wildman–Crippen LogP) is 4.19. The summed E-state index contributed by atoms with van der Waals surface area (Å²) in [6.07, 6.45) is 10.2. The molecule has 1 aliphatic rings. The van der Waals surface area contributed by atoms with Gasteiger partial charge in [0.05, 0.1) is 30.2 Å². The molecule has 0 aliphatic heterocycles. The molecule has 0 atom stereocenters. The molecule has 21 heavy (non-hydrogen) atoms. The molecule has 2 aromatic heterocycles. The van der Waals surface area contributed by atoms with E-state index < -0.39 is 0 Å². The first-order valence-electron chi connectivity index (χ1n) is 7.31. The minimum atomic E-state index is 0. The van der Waals surface area contributed by atoms with Crippen LogP contribution in [0.15, 0.2) is 29.4 Å². The van der Waals surface area contributed by atoms with E-state index in [-0.39, 0.29) is 12.4 Å². The number of aromatic nitrogens is 2. The third kappa shape index (κ3) is 3.70. The van der Waals surface area contributed by atoms with Crippen LogP contribution in [0, 0.1) is 0 Å². The second-order valence-corrected chi connectivity index (χ2v) is 5.32. The molecule has 0 saturated heterocycles. The highest BCUT2D eigenvalue weighted by molar-refractivity contribution is 5.85. The van der Waals surface area contributed by atoms with E-state index in [1.807, 2.05) is 30.6 Å². The molecule has 5 heteroatoms. The van der Waals surface area contributed by atoms with Crippen LogP contribution < -0.4 is 4.74 Å². The Morgan fingerprint density at radius 2 is 2.05 bits per heavy atom. The zero-order valence-corrected chi connectivity index (χ0v) is 13.1. The average molecular weight is 308 g/mol. The van der Waals surface area contributed by atoms with E-state index in [1.165, 1.54) is 32.1 Å². The van der Waals surface area contributed by atoms with Crippen LogP contribution in [-0.4, -0.2) is 29.3 Å². The van der Waals surface area contributed by atoms with E-state index in [0.29, 0.717) is 6.04 Å². The molecule has 3 rings (SSSR count). The molecule has 0 spiro atoms. The van der Waals surface area contributed by atoms with Gasteiger partial charge in [0.25, 0.3) is 0 Å². The highest BCUT2D eigenvalue weighted by atomic mass is 35.5. The monoisotopic (exact) mass is 307 g/mol. The molecule has 114 valence electrons. The first-order chi connectivity index (χ1) is 9.86. The van der Waals surface area contributed by atoms with Crippen LogP contribution >= 0.6 is 12.4 Å². The first kappa shape index (κ1) is 15.7. The van der Waals surface area contributed by atoms with E-state index in [0.717, 1.165) is 22.8 Å². The number of H-pyrrole nitrogens is 2. The highest BCUT2D eigenvalue weighted by Crippen LogP contribution is 2.26. The van der Waals surface area contributed by atoms with Crippen molar-refractivity contribution in [3.63, 3.8) is 0 Å². The largest absolute Gasteiger partial charge is 0.494 e. The fourth-order valence-corrected chi connectivity index (χ4v) is 2.77. The lowest BCUT2D eigenvalue weighted by atomic mass is 9.96. The predicted molar refractivity (Wildman–Crippen MR) is 88.8 cm³/mol. The lowest BCUT2D eigenvalue weighted by Gasteiger charge is -2.16. The molecule has 0 bridgehead atoms. The number of ether oxygens (including phenoxy) is 1. The summed E-state index contributed by atoms with van der Waals surface area (Å²) in [6.45, 7) is 0. The Hall–Kier alpha value is -1.68. The minimum Gasteiger partial charge on any atom is -0.494 e. The summed E-state index contributed by atoms with van der Waals surface area (Å²) in [5, 5.41) is 0. The number of aromatic amines is 2. The normalized spacial score (nSPS) is 16.0. The maximum absolute atomic E-state index is 5.43. The van der Waals surface area contributed by atoms with E-state index >= 15 is 0 Å². The molecule has 0 unspecified atom stereocenters. The number of aliphatic imine (C=N–C) groups is 1. The summed E-state index contributed by atoms with van der Waals surface area (Å²) in [5.41, 5.74) is 3.03. The molecule has 1 fully saturated rings. The van der Waals surface area contributed by atoms with E-state index in [1.54, 1.807) is 7.11 Å². The molecule has 0 amide bonds. The summed E-state index contributed by atoms with van der Waals surface area (Å²) in [5.74, 6) is 0.842. The lowest BCUT2D eigenvalue weighted by Crippen LogP contribution is -2.09. The van der Waals surface area contributed by atoms with Gasteiger partial charge in [0.2, 0.25) is 0 Å². The van der Waals surface area contributed by atoms with Gasteiger partial charge in [-0.1, -0.05) is 19.3 Å². The van der Waals surface area contributed by atoms with Gasteiger partial charge in [-0.3, -0.25) is 4.99 Å². The molecule has 2 N–H and O–H groups in total. The van der Waals surface area contributed by atoms with Gasteiger partial charge >= 0.3 is 0 Å². The molecule has 0 radical (unpaired) electrons. The average Bonchev–Trinajstić information content (AvgIpc) is 3.15. The molecule has 0 aromatic carbocycles.